The lowest BCUT2D eigenvalue weighted by atomic mass is 10.3. The number of ether oxygens (including phenoxy) is 2. The van der Waals surface area contributed by atoms with Crippen LogP contribution in [0.15, 0.2) is 10.00 Å². The number of carbonyl (C=O) groups excluding carboxylic acids is 2. The molecule has 0 aromatic carbocycles. The van der Waals surface area contributed by atoms with Gasteiger partial charge in [-0.3, -0.25) is 0 Å². The Balaban J connectivity index is 2.67. The normalized spacial score (nSPS) is 15.1. The van der Waals surface area contributed by atoms with Gasteiger partial charge in [-0.1, -0.05) is 6.92 Å². The second kappa shape index (κ2) is 8.48. The van der Waals surface area contributed by atoms with Crippen molar-refractivity contribution in [3.63, 3.8) is 0 Å². The average molecular weight is 290 g/mol. The molecule has 0 amide bonds. The van der Waals surface area contributed by atoms with Crippen molar-refractivity contribution in [3.05, 3.63) is 10.00 Å². The molecule has 0 aliphatic carbocycles. The first-order chi connectivity index (χ1) is 8.69. The summed E-state index contributed by atoms with van der Waals surface area (Å²) in [6, 6.07) is 0. The van der Waals surface area contributed by atoms with Gasteiger partial charge >= 0.3 is 11.9 Å². The van der Waals surface area contributed by atoms with Crippen molar-refractivity contribution in [2.24, 2.45) is 0 Å². The largest absolute Gasteiger partial charge is 0.458 e. The van der Waals surface area contributed by atoms with Gasteiger partial charge in [0.15, 0.2) is 0 Å². The first-order valence-electron chi connectivity index (χ1n) is 6.06. The van der Waals surface area contributed by atoms with Gasteiger partial charge in [0.2, 0.25) is 0 Å². The van der Waals surface area contributed by atoms with Gasteiger partial charge in [0.1, 0.15) is 5.76 Å². The highest BCUT2D eigenvalue weighted by atomic mass is 32.2. The van der Waals surface area contributed by atoms with E-state index in [0.29, 0.717) is 12.2 Å². The van der Waals surface area contributed by atoms with Crippen LogP contribution >= 0.6 is 23.5 Å². The molecule has 6 heteroatoms. The summed E-state index contributed by atoms with van der Waals surface area (Å²) in [4.78, 5) is 22.7. The Morgan fingerprint density at radius 1 is 1.17 bits per heavy atom. The molecule has 0 aromatic heterocycles. The molecule has 0 aromatic rings. The van der Waals surface area contributed by atoms with Crippen molar-refractivity contribution in [3.8, 4) is 0 Å². The lowest BCUT2D eigenvalue weighted by molar-refractivity contribution is -0.165. The maximum absolute atomic E-state index is 11.5. The topological polar surface area (TPSA) is 52.6 Å². The molecule has 102 valence electrons. The van der Waals surface area contributed by atoms with Gasteiger partial charge in [0.25, 0.3) is 0 Å². The van der Waals surface area contributed by atoms with Crippen molar-refractivity contribution in [1.82, 2.24) is 0 Å². The van der Waals surface area contributed by atoms with Crippen LogP contribution < -0.4 is 0 Å². The van der Waals surface area contributed by atoms with Gasteiger partial charge < -0.3 is 9.47 Å². The summed E-state index contributed by atoms with van der Waals surface area (Å²) < 4.78 is 10.8. The van der Waals surface area contributed by atoms with Crippen molar-refractivity contribution in [1.29, 1.82) is 0 Å². The van der Waals surface area contributed by atoms with E-state index in [1.165, 1.54) is 0 Å². The second-order valence-corrected chi connectivity index (χ2v) is 6.09. The Bertz CT molecular complexity index is 331. The van der Waals surface area contributed by atoms with Crippen LogP contribution in [0.2, 0.25) is 0 Å². The van der Waals surface area contributed by atoms with E-state index in [-0.39, 0.29) is 6.61 Å². The van der Waals surface area contributed by atoms with Crippen molar-refractivity contribution in [2.75, 3.05) is 18.1 Å². The second-order valence-electron chi connectivity index (χ2n) is 3.62. The molecule has 0 bridgehead atoms. The first-order valence-corrected chi connectivity index (χ1v) is 8.03. The molecule has 0 radical (unpaired) electrons. The van der Waals surface area contributed by atoms with Gasteiger partial charge in [-0.25, -0.2) is 9.59 Å². The van der Waals surface area contributed by atoms with Crippen molar-refractivity contribution in [2.45, 2.75) is 33.1 Å². The zero-order chi connectivity index (χ0) is 13.4. The molecule has 1 saturated heterocycles. The molecule has 0 spiro atoms. The zero-order valence-corrected chi connectivity index (χ0v) is 12.3. The number of esters is 2. The van der Waals surface area contributed by atoms with Gasteiger partial charge in [0.05, 0.1) is 10.8 Å². The highest BCUT2D eigenvalue weighted by Gasteiger charge is 2.22. The van der Waals surface area contributed by atoms with Gasteiger partial charge in [0, 0.05) is 6.42 Å². The van der Waals surface area contributed by atoms with E-state index in [9.17, 15) is 9.59 Å². The predicted molar refractivity (Wildman–Crippen MR) is 74.2 cm³/mol. The lowest BCUT2D eigenvalue weighted by Gasteiger charge is -2.17. The molecule has 0 atom stereocenters. The highest BCUT2D eigenvalue weighted by molar-refractivity contribution is 8.22. The molecule has 18 heavy (non-hydrogen) atoms. The van der Waals surface area contributed by atoms with E-state index in [0.717, 1.165) is 28.6 Å². The molecule has 1 heterocycles. The molecule has 1 aliphatic rings. The van der Waals surface area contributed by atoms with Crippen LogP contribution in [0.1, 0.15) is 33.1 Å². The van der Waals surface area contributed by atoms with E-state index in [1.807, 2.05) is 6.92 Å². The van der Waals surface area contributed by atoms with Gasteiger partial charge in [-0.15, -0.1) is 23.5 Å². The van der Waals surface area contributed by atoms with Crippen LogP contribution in [0.3, 0.4) is 0 Å². The molecule has 1 aliphatic heterocycles. The molecular weight excluding hydrogens is 272 g/mol. The van der Waals surface area contributed by atoms with E-state index in [2.05, 4.69) is 4.74 Å². The highest BCUT2D eigenvalue weighted by Crippen LogP contribution is 2.38. The zero-order valence-electron chi connectivity index (χ0n) is 10.7. The lowest BCUT2D eigenvalue weighted by Crippen LogP contribution is -2.20. The smallest absolute Gasteiger partial charge is 0.422 e. The molecule has 0 N–H and O–H groups in total. The Morgan fingerprint density at radius 3 is 2.39 bits per heavy atom. The Labute approximate surface area is 116 Å². The van der Waals surface area contributed by atoms with E-state index >= 15 is 0 Å². The minimum atomic E-state index is -0.919. The molecule has 4 nitrogen and oxygen atoms in total. The maximum atomic E-state index is 11.5. The third kappa shape index (κ3) is 4.94. The number of rotatable bonds is 4. The summed E-state index contributed by atoms with van der Waals surface area (Å²) in [6.45, 7) is 3.84. The quantitative estimate of drug-likeness (QED) is 0.451. The summed E-state index contributed by atoms with van der Waals surface area (Å²) in [5.74, 6) is 0.848. The summed E-state index contributed by atoms with van der Waals surface area (Å²) >= 11 is 3.38. The SMILES string of the molecule is CCCC(OC(=O)C(=O)OCC)=C1SCCCS1. The van der Waals surface area contributed by atoms with Crippen LogP contribution in [0.4, 0.5) is 0 Å². The van der Waals surface area contributed by atoms with Gasteiger partial charge in [-0.05, 0) is 31.3 Å². The summed E-state index contributed by atoms with van der Waals surface area (Å²) in [7, 11) is 0. The molecule has 1 rings (SSSR count). The fourth-order valence-electron chi connectivity index (χ4n) is 1.36. The van der Waals surface area contributed by atoms with Crippen LogP contribution in [0.5, 0.6) is 0 Å². The predicted octanol–water partition coefficient (Wildman–Crippen LogP) is 2.93. The van der Waals surface area contributed by atoms with Crippen LogP contribution in [-0.2, 0) is 19.1 Å². The van der Waals surface area contributed by atoms with Crippen molar-refractivity contribution < 1.29 is 19.1 Å². The summed E-state index contributed by atoms with van der Waals surface area (Å²) in [5, 5.41) is 0. The standard InChI is InChI=1S/C12H18O4S2/c1-3-6-9(12-17-7-5-8-18-12)16-11(14)10(13)15-4-2/h3-8H2,1-2H3. The number of carbonyl (C=O) groups is 2. The maximum Gasteiger partial charge on any atom is 0.422 e. The number of thioether (sulfide) groups is 2. The minimum absolute atomic E-state index is 0.178. The Morgan fingerprint density at radius 2 is 1.83 bits per heavy atom. The minimum Gasteiger partial charge on any atom is -0.458 e. The Kier molecular flexibility index (Phi) is 7.27. The van der Waals surface area contributed by atoms with E-state index < -0.39 is 11.9 Å². The Hall–Kier alpha value is -0.620. The molecule has 1 fully saturated rings. The average Bonchev–Trinajstić information content (AvgIpc) is 2.39. The van der Waals surface area contributed by atoms with E-state index in [1.54, 1.807) is 30.4 Å². The fraction of sp³-hybridized carbons (Fsp3) is 0.667. The molecule has 0 saturated carbocycles. The fourth-order valence-corrected chi connectivity index (χ4v) is 3.93. The van der Waals surface area contributed by atoms with Gasteiger partial charge in [-0.2, -0.15) is 0 Å². The first kappa shape index (κ1) is 15.4. The third-order valence-electron chi connectivity index (χ3n) is 2.12. The molecular formula is C12H18O4S2. The summed E-state index contributed by atoms with van der Waals surface area (Å²) in [6.07, 6.45) is 2.70. The number of allylic oxidation sites excluding steroid dienone is 1. The number of hydrogen-bond donors (Lipinski definition) is 0. The van der Waals surface area contributed by atoms with Crippen LogP contribution in [-0.4, -0.2) is 30.1 Å². The monoisotopic (exact) mass is 290 g/mol. The van der Waals surface area contributed by atoms with Crippen LogP contribution in [0, 0.1) is 0 Å². The van der Waals surface area contributed by atoms with Crippen molar-refractivity contribution >= 4 is 35.5 Å². The molecule has 0 unspecified atom stereocenters. The van der Waals surface area contributed by atoms with E-state index in [4.69, 9.17) is 4.74 Å². The third-order valence-corrected chi connectivity index (χ3v) is 4.79. The summed E-state index contributed by atoms with van der Waals surface area (Å²) in [5.41, 5.74) is 0. The van der Waals surface area contributed by atoms with Crippen LogP contribution in [0.25, 0.3) is 0 Å². The number of hydrogen-bond acceptors (Lipinski definition) is 6.